The molecule has 1 saturated carbocycles. The highest BCUT2D eigenvalue weighted by molar-refractivity contribution is 7.89. The second-order valence-corrected chi connectivity index (χ2v) is 7.25. The summed E-state index contributed by atoms with van der Waals surface area (Å²) in [5, 5.41) is 7.15. The summed E-state index contributed by atoms with van der Waals surface area (Å²) in [6, 6.07) is 1.03. The van der Waals surface area contributed by atoms with Gasteiger partial charge >= 0.3 is 0 Å². The summed E-state index contributed by atoms with van der Waals surface area (Å²) in [7, 11) is -4.10. The van der Waals surface area contributed by atoms with Crippen molar-refractivity contribution in [2.45, 2.75) is 17.7 Å². The van der Waals surface area contributed by atoms with Crippen LogP contribution >= 0.6 is 34.8 Å². The molecule has 5 nitrogen and oxygen atoms in total. The molecule has 0 bridgehead atoms. The summed E-state index contributed by atoms with van der Waals surface area (Å²) < 4.78 is 22.9. The topological polar surface area (TPSA) is 89.3 Å². The molecule has 0 saturated heterocycles. The second-order valence-electron chi connectivity index (χ2n) is 4.56. The highest BCUT2D eigenvalue weighted by Crippen LogP contribution is 2.36. The lowest BCUT2D eigenvalue weighted by atomic mass is 10.2. The van der Waals surface area contributed by atoms with Crippen LogP contribution in [0.5, 0.6) is 0 Å². The van der Waals surface area contributed by atoms with Crippen molar-refractivity contribution in [2.24, 2.45) is 11.1 Å². The van der Waals surface area contributed by atoms with Gasteiger partial charge in [0.2, 0.25) is 10.0 Å². The van der Waals surface area contributed by atoms with E-state index in [-0.39, 0.29) is 20.6 Å². The van der Waals surface area contributed by atoms with Gasteiger partial charge in [0.25, 0.3) is 5.91 Å². The molecule has 0 radical (unpaired) electrons. The van der Waals surface area contributed by atoms with Gasteiger partial charge in [0, 0.05) is 6.54 Å². The Hall–Kier alpha value is -0.530. The first-order chi connectivity index (χ1) is 9.21. The molecular weight excluding hydrogens is 347 g/mol. The number of amides is 1. The normalized spacial score (nSPS) is 15.2. The van der Waals surface area contributed by atoms with Gasteiger partial charge < -0.3 is 5.32 Å². The molecule has 1 amide bonds. The van der Waals surface area contributed by atoms with Crippen LogP contribution in [-0.4, -0.2) is 20.9 Å². The van der Waals surface area contributed by atoms with E-state index in [1.54, 1.807) is 0 Å². The highest BCUT2D eigenvalue weighted by atomic mass is 35.5. The van der Waals surface area contributed by atoms with Gasteiger partial charge in [-0.25, -0.2) is 13.6 Å². The average molecular weight is 358 g/mol. The van der Waals surface area contributed by atoms with Crippen LogP contribution in [-0.2, 0) is 10.0 Å². The Morgan fingerprint density at radius 1 is 1.30 bits per heavy atom. The maximum Gasteiger partial charge on any atom is 0.254 e. The Bertz CT molecular complexity index is 672. The predicted octanol–water partition coefficient (Wildman–Crippen LogP) is 2.43. The van der Waals surface area contributed by atoms with Crippen LogP contribution in [0.4, 0.5) is 0 Å². The summed E-state index contributed by atoms with van der Waals surface area (Å²) in [5.41, 5.74) is -0.175. The Kier molecular flexibility index (Phi) is 4.51. The van der Waals surface area contributed by atoms with E-state index in [4.69, 9.17) is 39.9 Å². The van der Waals surface area contributed by atoms with E-state index in [1.807, 2.05) is 0 Å². The minimum absolute atomic E-state index is 0.0997. The summed E-state index contributed by atoms with van der Waals surface area (Å²) >= 11 is 17.7. The van der Waals surface area contributed by atoms with Crippen LogP contribution in [0.15, 0.2) is 11.0 Å². The molecule has 20 heavy (non-hydrogen) atoms. The summed E-state index contributed by atoms with van der Waals surface area (Å²) in [6.07, 6.45) is 2.11. The van der Waals surface area contributed by atoms with Crippen LogP contribution in [0.3, 0.4) is 0 Å². The minimum Gasteiger partial charge on any atom is -0.352 e. The van der Waals surface area contributed by atoms with Crippen molar-refractivity contribution in [1.29, 1.82) is 0 Å². The van der Waals surface area contributed by atoms with Gasteiger partial charge in [0.15, 0.2) is 0 Å². The van der Waals surface area contributed by atoms with Crippen LogP contribution in [0.25, 0.3) is 0 Å². The van der Waals surface area contributed by atoms with E-state index >= 15 is 0 Å². The van der Waals surface area contributed by atoms with Crippen molar-refractivity contribution in [3.8, 4) is 0 Å². The van der Waals surface area contributed by atoms with Crippen molar-refractivity contribution in [2.75, 3.05) is 6.54 Å². The molecule has 9 heteroatoms. The van der Waals surface area contributed by atoms with E-state index in [1.165, 1.54) is 0 Å². The number of nitrogens with one attached hydrogen (secondary N) is 1. The maximum absolute atomic E-state index is 12.1. The molecule has 0 aromatic heterocycles. The zero-order valence-electron chi connectivity index (χ0n) is 10.1. The minimum atomic E-state index is -4.10. The molecule has 0 aliphatic heterocycles. The number of hydrogen-bond donors (Lipinski definition) is 2. The molecule has 0 atom stereocenters. The Morgan fingerprint density at radius 2 is 1.90 bits per heavy atom. The summed E-state index contributed by atoms with van der Waals surface area (Å²) in [5.74, 6) is -0.118. The Labute approximate surface area is 131 Å². The molecular formula is C11H11Cl3N2O3S. The molecule has 0 spiro atoms. The average Bonchev–Trinajstić information content (AvgIpc) is 3.14. The first-order valence-corrected chi connectivity index (χ1v) is 8.38. The third-order valence-corrected chi connectivity index (χ3v) is 5.13. The standard InChI is InChI=1S/C11H11Cl3N2O3S/c12-6-3-7(20(15,18)19)10(14)8(9(6)13)11(17)16-4-5-1-2-5/h3,5H,1-2,4H2,(H,16,17)(H2,15,18,19). The number of hydrogen-bond acceptors (Lipinski definition) is 3. The first-order valence-electron chi connectivity index (χ1n) is 5.70. The van der Waals surface area contributed by atoms with Crippen LogP contribution in [0, 0.1) is 5.92 Å². The lowest BCUT2D eigenvalue weighted by Gasteiger charge is -2.12. The lowest BCUT2D eigenvalue weighted by Crippen LogP contribution is -2.27. The van der Waals surface area contributed by atoms with Crippen molar-refractivity contribution < 1.29 is 13.2 Å². The third kappa shape index (κ3) is 3.38. The number of benzene rings is 1. The monoisotopic (exact) mass is 356 g/mol. The van der Waals surface area contributed by atoms with Gasteiger partial charge in [0.05, 0.1) is 20.6 Å². The van der Waals surface area contributed by atoms with E-state index in [2.05, 4.69) is 5.32 Å². The SMILES string of the molecule is NS(=O)(=O)c1cc(Cl)c(Cl)c(C(=O)NCC2CC2)c1Cl. The van der Waals surface area contributed by atoms with Gasteiger partial charge in [-0.1, -0.05) is 34.8 Å². The largest absolute Gasteiger partial charge is 0.352 e. The van der Waals surface area contributed by atoms with E-state index in [9.17, 15) is 13.2 Å². The van der Waals surface area contributed by atoms with Crippen molar-refractivity contribution in [1.82, 2.24) is 5.32 Å². The molecule has 1 aromatic carbocycles. The Balaban J connectivity index is 2.44. The molecule has 0 unspecified atom stereocenters. The maximum atomic E-state index is 12.1. The number of sulfonamides is 1. The fourth-order valence-corrected chi connectivity index (χ4v) is 3.38. The predicted molar refractivity (Wildman–Crippen MR) is 77.9 cm³/mol. The lowest BCUT2D eigenvalue weighted by molar-refractivity contribution is 0.0952. The highest BCUT2D eigenvalue weighted by Gasteiger charge is 2.27. The zero-order valence-corrected chi connectivity index (χ0v) is 13.2. The van der Waals surface area contributed by atoms with E-state index in [0.717, 1.165) is 18.9 Å². The number of nitrogens with two attached hydrogens (primary N) is 1. The molecule has 1 aromatic rings. The van der Waals surface area contributed by atoms with E-state index in [0.29, 0.717) is 12.5 Å². The van der Waals surface area contributed by atoms with Crippen molar-refractivity contribution in [3.05, 3.63) is 26.7 Å². The van der Waals surface area contributed by atoms with Crippen LogP contribution < -0.4 is 10.5 Å². The van der Waals surface area contributed by atoms with Crippen molar-refractivity contribution >= 4 is 50.7 Å². The molecule has 3 N–H and O–H groups in total. The molecule has 0 heterocycles. The fourth-order valence-electron chi connectivity index (χ4n) is 1.63. The molecule has 110 valence electrons. The van der Waals surface area contributed by atoms with E-state index < -0.39 is 20.8 Å². The van der Waals surface area contributed by atoms with Gasteiger partial charge in [-0.2, -0.15) is 0 Å². The van der Waals surface area contributed by atoms with Gasteiger partial charge in [-0.15, -0.1) is 0 Å². The summed E-state index contributed by atoms with van der Waals surface area (Å²) in [4.78, 5) is 11.6. The van der Waals surface area contributed by atoms with Gasteiger partial charge in [-0.05, 0) is 24.8 Å². The smallest absolute Gasteiger partial charge is 0.254 e. The number of carbonyl (C=O) groups excluding carboxylic acids is 1. The van der Waals surface area contributed by atoms with Gasteiger partial charge in [0.1, 0.15) is 4.90 Å². The quantitative estimate of drug-likeness (QED) is 0.811. The molecule has 2 rings (SSSR count). The first kappa shape index (κ1) is 15.9. The van der Waals surface area contributed by atoms with Crippen LogP contribution in [0.1, 0.15) is 23.2 Å². The van der Waals surface area contributed by atoms with Crippen LogP contribution in [0.2, 0.25) is 15.1 Å². The van der Waals surface area contributed by atoms with Gasteiger partial charge in [-0.3, -0.25) is 4.79 Å². The molecule has 1 aliphatic carbocycles. The number of primary sulfonamides is 1. The number of rotatable bonds is 4. The molecule has 1 fully saturated rings. The second kappa shape index (κ2) is 5.69. The fraction of sp³-hybridized carbons (Fsp3) is 0.364. The third-order valence-electron chi connectivity index (χ3n) is 2.90. The number of carbonyl (C=O) groups is 1. The molecule has 1 aliphatic rings. The van der Waals surface area contributed by atoms with Crippen molar-refractivity contribution in [3.63, 3.8) is 0 Å². The summed E-state index contributed by atoms with van der Waals surface area (Å²) in [6.45, 7) is 0.489. The zero-order chi connectivity index (χ0) is 15.1. The number of halogens is 3. The Morgan fingerprint density at radius 3 is 2.40 bits per heavy atom.